The van der Waals surface area contributed by atoms with Crippen LogP contribution >= 0.6 is 11.3 Å². The first kappa shape index (κ1) is 36.7. The van der Waals surface area contributed by atoms with E-state index in [0.717, 1.165) is 23.9 Å². The minimum Gasteiger partial charge on any atom is -0.475 e. The quantitative estimate of drug-likeness (QED) is 0.160. The Morgan fingerprint density at radius 1 is 1.04 bits per heavy atom. The number of alkyl halides is 6. The summed E-state index contributed by atoms with van der Waals surface area (Å²) >= 11 is 0.481. The fourth-order valence-corrected chi connectivity index (χ4v) is 8.27. The number of piperidine rings is 2. The number of hydrogen-bond donors (Lipinski definition) is 1. The number of nitrogens with one attached hydrogen (secondary N) is 1. The third kappa shape index (κ3) is 8.21. The lowest BCUT2D eigenvalue weighted by molar-refractivity contribution is -0.163. The molecule has 274 valence electrons. The number of aromatic amines is 1. The maximum absolute atomic E-state index is 14.9. The number of H-pyrrole nitrogens is 1. The lowest BCUT2D eigenvalue weighted by Crippen LogP contribution is -2.67. The summed E-state index contributed by atoms with van der Waals surface area (Å²) in [5.74, 6) is 0.354. The van der Waals surface area contributed by atoms with Crippen LogP contribution in [0.2, 0.25) is 0 Å². The van der Waals surface area contributed by atoms with Crippen molar-refractivity contribution in [3.8, 4) is 5.75 Å². The van der Waals surface area contributed by atoms with Crippen LogP contribution in [0.4, 0.5) is 26.3 Å². The molecule has 0 radical (unpaired) electrons. The molecule has 5 heterocycles. The second kappa shape index (κ2) is 15.3. The topological polar surface area (TPSA) is 100 Å². The molecule has 2 fully saturated rings. The van der Waals surface area contributed by atoms with E-state index in [-0.39, 0.29) is 36.1 Å². The number of ether oxygens (including phenoxy) is 1. The van der Waals surface area contributed by atoms with Gasteiger partial charge in [-0.1, -0.05) is 42.8 Å². The van der Waals surface area contributed by atoms with Crippen LogP contribution in [0.5, 0.6) is 5.75 Å². The minimum atomic E-state index is -4.61. The Hall–Kier alpha value is -4.05. The molecule has 2 saturated heterocycles. The van der Waals surface area contributed by atoms with Crippen molar-refractivity contribution in [2.45, 2.75) is 94.7 Å². The van der Waals surface area contributed by atoms with E-state index in [4.69, 9.17) is 4.74 Å². The predicted octanol–water partition coefficient (Wildman–Crippen LogP) is 7.47. The molecule has 9 nitrogen and oxygen atoms in total. The van der Waals surface area contributed by atoms with Crippen molar-refractivity contribution in [2.24, 2.45) is 0 Å². The van der Waals surface area contributed by atoms with Gasteiger partial charge >= 0.3 is 12.4 Å². The summed E-state index contributed by atoms with van der Waals surface area (Å²) in [7, 11) is 0. The Bertz CT molecular complexity index is 1760. The number of tetrazole rings is 1. The largest absolute Gasteiger partial charge is 0.475 e. The Morgan fingerprint density at radius 3 is 2.51 bits per heavy atom. The predicted molar refractivity (Wildman–Crippen MR) is 177 cm³/mol. The highest BCUT2D eigenvalue weighted by molar-refractivity contribution is 7.10. The summed E-state index contributed by atoms with van der Waals surface area (Å²) < 4.78 is 89.5. The number of nitrogens with zero attached hydrogens (tertiary/aromatic N) is 6. The maximum Gasteiger partial charge on any atom is 0.425 e. The van der Waals surface area contributed by atoms with Gasteiger partial charge in [0.25, 0.3) is 5.91 Å². The summed E-state index contributed by atoms with van der Waals surface area (Å²) in [5, 5.41) is 15.4. The highest BCUT2D eigenvalue weighted by Crippen LogP contribution is 2.43. The lowest BCUT2D eigenvalue weighted by atomic mass is 9.79. The highest BCUT2D eigenvalue weighted by atomic mass is 32.1. The monoisotopic (exact) mass is 735 g/mol. The molecular formula is C35H39F6N7O2S. The zero-order valence-corrected chi connectivity index (χ0v) is 28.8. The first-order valence-electron chi connectivity index (χ1n) is 17.1. The van der Waals surface area contributed by atoms with E-state index in [0.29, 0.717) is 81.7 Å². The molecule has 0 unspecified atom stereocenters. The number of halogens is 6. The molecule has 1 amide bonds. The van der Waals surface area contributed by atoms with Gasteiger partial charge in [-0.3, -0.25) is 14.7 Å². The lowest BCUT2D eigenvalue weighted by Gasteiger charge is -2.50. The zero-order valence-electron chi connectivity index (χ0n) is 28.0. The van der Waals surface area contributed by atoms with Crippen LogP contribution in [0.1, 0.15) is 84.3 Å². The van der Waals surface area contributed by atoms with Gasteiger partial charge in [-0.05, 0) is 73.7 Å². The fourth-order valence-electron chi connectivity index (χ4n) is 7.59. The molecule has 16 heteroatoms. The van der Waals surface area contributed by atoms with E-state index in [1.54, 1.807) is 4.90 Å². The Kier molecular flexibility index (Phi) is 11.0. The molecule has 2 aliphatic heterocycles. The summed E-state index contributed by atoms with van der Waals surface area (Å²) in [4.78, 5) is 21.5. The van der Waals surface area contributed by atoms with Gasteiger partial charge in [-0.2, -0.15) is 31.6 Å². The van der Waals surface area contributed by atoms with Crippen LogP contribution in [-0.2, 0) is 36.5 Å². The number of aromatic nitrogens is 5. The van der Waals surface area contributed by atoms with Crippen molar-refractivity contribution in [2.75, 3.05) is 19.6 Å². The minimum absolute atomic E-state index is 0.0388. The molecule has 4 aromatic rings. The number of thiophene rings is 1. The number of benzene rings is 1. The van der Waals surface area contributed by atoms with Crippen molar-refractivity contribution in [1.29, 1.82) is 0 Å². The second-order valence-electron chi connectivity index (χ2n) is 13.1. The molecule has 2 aliphatic rings. The molecule has 0 spiro atoms. The van der Waals surface area contributed by atoms with Crippen molar-refractivity contribution in [3.63, 3.8) is 0 Å². The van der Waals surface area contributed by atoms with Crippen molar-refractivity contribution >= 4 is 17.2 Å². The molecule has 3 aromatic heterocycles. The maximum atomic E-state index is 14.9. The molecule has 0 saturated carbocycles. The van der Waals surface area contributed by atoms with Gasteiger partial charge in [0.15, 0.2) is 5.82 Å². The van der Waals surface area contributed by atoms with Gasteiger partial charge in [0, 0.05) is 49.9 Å². The van der Waals surface area contributed by atoms with Crippen molar-refractivity contribution in [1.82, 2.24) is 35.4 Å². The second-order valence-corrected chi connectivity index (χ2v) is 14.0. The standard InChI is InChI=1S/C35H39F6N7O2S/c1-2-6-29-33(50-26-19-30(51-22-26)35(39,40)41,14-5-16-48(29)21-25-20-42-15-11-28(25)34(36,37)38)32(49)47-17-12-24(13-18-47)27-8-4-3-7-23(27)9-10-31-43-45-46-44-31/h3-4,7-8,11,15,19-20,22,24,29H,2,5-6,9-10,12-14,16-18,21H2,1H3,(H,43,44,45,46)/t29-,33+/m1/s1. The first-order valence-corrected chi connectivity index (χ1v) is 18.0. The number of carbonyl (C=O) groups is 1. The van der Waals surface area contributed by atoms with Gasteiger partial charge in [-0.15, -0.1) is 21.5 Å². The zero-order chi connectivity index (χ0) is 36.2. The van der Waals surface area contributed by atoms with Gasteiger partial charge in [0.1, 0.15) is 10.6 Å². The molecule has 2 atom stereocenters. The summed E-state index contributed by atoms with van der Waals surface area (Å²) in [6.07, 6.45) is -2.73. The van der Waals surface area contributed by atoms with Gasteiger partial charge in [0.2, 0.25) is 5.60 Å². The summed E-state index contributed by atoms with van der Waals surface area (Å²) in [5.41, 5.74) is -0.133. The SMILES string of the molecule is CCC[C@H]1N(Cc2cnccc2C(F)(F)F)CCC[C@@]1(Oc1csc(C(F)(F)F)c1)C(=O)N1CCC(c2ccccc2CCc2nn[nH]n2)CC1. The van der Waals surface area contributed by atoms with Crippen LogP contribution in [0, 0.1) is 0 Å². The van der Waals surface area contributed by atoms with E-state index in [9.17, 15) is 31.1 Å². The number of pyridine rings is 1. The number of hydrogen-bond acceptors (Lipinski definition) is 8. The summed E-state index contributed by atoms with van der Waals surface area (Å²) in [6.45, 7) is 2.93. The molecular weight excluding hydrogens is 696 g/mol. The molecule has 0 bridgehead atoms. The number of rotatable bonds is 11. The van der Waals surface area contributed by atoms with Gasteiger partial charge < -0.3 is 9.64 Å². The van der Waals surface area contributed by atoms with Crippen molar-refractivity contribution in [3.05, 3.63) is 87.1 Å². The smallest absolute Gasteiger partial charge is 0.425 e. The van der Waals surface area contributed by atoms with E-state index >= 15 is 0 Å². The van der Waals surface area contributed by atoms with E-state index in [1.165, 1.54) is 17.1 Å². The van der Waals surface area contributed by atoms with Crippen LogP contribution in [0.3, 0.4) is 0 Å². The molecule has 1 N–H and O–H groups in total. The average molecular weight is 736 g/mol. The van der Waals surface area contributed by atoms with Gasteiger partial charge in [0.05, 0.1) is 11.6 Å². The highest BCUT2D eigenvalue weighted by Gasteiger charge is 2.54. The van der Waals surface area contributed by atoms with E-state index in [2.05, 4.69) is 37.7 Å². The first-order chi connectivity index (χ1) is 24.4. The number of carbonyl (C=O) groups excluding carboxylic acids is 1. The number of aryl methyl sites for hydroxylation is 2. The Labute approximate surface area is 295 Å². The van der Waals surface area contributed by atoms with Gasteiger partial charge in [-0.25, -0.2) is 0 Å². The molecule has 0 aliphatic carbocycles. The number of likely N-dealkylation sites (tertiary alicyclic amines) is 2. The summed E-state index contributed by atoms with van der Waals surface area (Å²) in [6, 6.07) is 9.27. The normalized spacial score (nSPS) is 20.8. The van der Waals surface area contributed by atoms with Crippen LogP contribution in [0.25, 0.3) is 0 Å². The van der Waals surface area contributed by atoms with Crippen LogP contribution in [0.15, 0.2) is 54.2 Å². The van der Waals surface area contributed by atoms with Crippen LogP contribution < -0.4 is 4.74 Å². The Balaban J connectivity index is 1.28. The third-order valence-corrected chi connectivity index (χ3v) is 10.9. The van der Waals surface area contributed by atoms with E-state index in [1.807, 2.05) is 24.0 Å². The number of amides is 1. The molecule has 1 aromatic carbocycles. The molecule has 6 rings (SSSR count). The Morgan fingerprint density at radius 2 is 1.82 bits per heavy atom. The van der Waals surface area contributed by atoms with Crippen LogP contribution in [-0.4, -0.2) is 72.6 Å². The average Bonchev–Trinajstić information content (AvgIpc) is 3.81. The fraction of sp³-hybridized carbons (Fsp3) is 0.514. The van der Waals surface area contributed by atoms with Crippen molar-refractivity contribution < 1.29 is 35.9 Å². The third-order valence-electron chi connectivity index (χ3n) is 9.92. The van der Waals surface area contributed by atoms with E-state index < -0.39 is 34.4 Å². The molecule has 51 heavy (non-hydrogen) atoms.